The van der Waals surface area contributed by atoms with Crippen molar-refractivity contribution in [2.45, 2.75) is 20.8 Å². The lowest BCUT2D eigenvalue weighted by Crippen LogP contribution is -1.88. The molecule has 0 bridgehead atoms. The van der Waals surface area contributed by atoms with Crippen LogP contribution in [0.2, 0.25) is 0 Å². The van der Waals surface area contributed by atoms with Gasteiger partial charge in [0.25, 0.3) is 0 Å². The molecule has 1 heterocycles. The first-order valence-corrected chi connectivity index (χ1v) is 4.79. The number of hydrogen-bond donors (Lipinski definition) is 0. The Morgan fingerprint density at radius 2 is 1.73 bits per heavy atom. The second-order valence-corrected chi connectivity index (χ2v) is 3.52. The zero-order chi connectivity index (χ0) is 9.80. The summed E-state index contributed by atoms with van der Waals surface area (Å²) in [5, 5.41) is 0. The summed E-state index contributed by atoms with van der Waals surface area (Å²) < 4.78 is 0. The van der Waals surface area contributed by atoms with E-state index < -0.39 is 0 Å². The number of benzene rings is 1. The molecule has 0 radical (unpaired) electrons. The molecule has 0 saturated carbocycles. The second kappa shape index (κ2) is 5.30. The van der Waals surface area contributed by atoms with Gasteiger partial charge < -0.3 is 0 Å². The van der Waals surface area contributed by atoms with Gasteiger partial charge in [0.1, 0.15) is 0 Å². The minimum absolute atomic E-state index is 0. The molecule has 0 saturated heterocycles. The Kier molecular flexibility index (Phi) is 4.04. The van der Waals surface area contributed by atoms with Crippen LogP contribution in [0.4, 0.5) is 0 Å². The number of aromatic nitrogens is 1. The molecular weight excluding hydrogens is 182 g/mol. The van der Waals surface area contributed by atoms with Crippen molar-refractivity contribution in [1.82, 2.24) is 4.98 Å². The average molecular weight is 199 g/mol. The topological polar surface area (TPSA) is 12.9 Å². The predicted octanol–water partition coefficient (Wildman–Crippen LogP) is 3.62. The normalized spacial score (nSPS) is 9.40. The molecule has 0 fully saturated rings. The van der Waals surface area contributed by atoms with Crippen LogP contribution in [0, 0.1) is 6.92 Å². The number of pyridine rings is 1. The van der Waals surface area contributed by atoms with Crippen molar-refractivity contribution in [2.24, 2.45) is 0 Å². The summed E-state index contributed by atoms with van der Waals surface area (Å²) in [5.41, 5.74) is 3.90. The van der Waals surface area contributed by atoms with Gasteiger partial charge in [-0.3, -0.25) is 4.98 Å². The Balaban J connectivity index is 0.00000112. The van der Waals surface area contributed by atoms with Crippen LogP contribution in [-0.2, 0) is 6.42 Å². The number of nitrogens with zero attached hydrogens (tertiary/aromatic N) is 1. The monoisotopic (exact) mass is 199 g/mol. The van der Waals surface area contributed by atoms with E-state index in [4.69, 9.17) is 0 Å². The molecule has 78 valence electrons. The molecule has 0 aliphatic rings. The highest BCUT2D eigenvalue weighted by Gasteiger charge is 1.94. The zero-order valence-corrected chi connectivity index (χ0v) is 8.27. The van der Waals surface area contributed by atoms with Crippen LogP contribution in [0.25, 0.3) is 0 Å². The molecular formula is C14H17N. The van der Waals surface area contributed by atoms with E-state index in [9.17, 15) is 0 Å². The molecule has 1 aromatic heterocycles. The summed E-state index contributed by atoms with van der Waals surface area (Å²) in [4.78, 5) is 4.10. The van der Waals surface area contributed by atoms with E-state index >= 15 is 0 Å². The maximum absolute atomic E-state index is 4.10. The average Bonchev–Trinajstić information content (AvgIpc) is 2.23. The maximum atomic E-state index is 4.10. The van der Waals surface area contributed by atoms with Crippen LogP contribution in [0.3, 0.4) is 0 Å². The van der Waals surface area contributed by atoms with Crippen LogP contribution in [0.1, 0.15) is 24.1 Å². The van der Waals surface area contributed by atoms with Gasteiger partial charge in [0, 0.05) is 12.4 Å². The van der Waals surface area contributed by atoms with Crippen molar-refractivity contribution >= 4 is 0 Å². The molecule has 1 nitrogen and oxygen atoms in total. The van der Waals surface area contributed by atoms with Crippen molar-refractivity contribution in [2.75, 3.05) is 0 Å². The van der Waals surface area contributed by atoms with Gasteiger partial charge in [-0.25, -0.2) is 0 Å². The fraction of sp³-hybridized carbons (Fsp3) is 0.214. The SMILES string of the molecule is C.Cc1ccc(Cc2cccnc2)cc1. The molecule has 1 heteroatoms. The molecule has 15 heavy (non-hydrogen) atoms. The van der Waals surface area contributed by atoms with Crippen molar-refractivity contribution in [3.63, 3.8) is 0 Å². The van der Waals surface area contributed by atoms with Gasteiger partial charge in [-0.05, 0) is 30.5 Å². The highest BCUT2D eigenvalue weighted by Crippen LogP contribution is 2.08. The van der Waals surface area contributed by atoms with Crippen molar-refractivity contribution in [3.05, 3.63) is 65.5 Å². The molecule has 0 spiro atoms. The molecule has 1 aromatic carbocycles. The van der Waals surface area contributed by atoms with Crippen molar-refractivity contribution < 1.29 is 0 Å². The molecule has 0 N–H and O–H groups in total. The number of hydrogen-bond acceptors (Lipinski definition) is 1. The minimum atomic E-state index is 0. The Morgan fingerprint density at radius 1 is 1.00 bits per heavy atom. The molecule has 0 amide bonds. The lowest BCUT2D eigenvalue weighted by atomic mass is 10.1. The van der Waals surface area contributed by atoms with Gasteiger partial charge in [-0.2, -0.15) is 0 Å². The maximum Gasteiger partial charge on any atom is 0.0303 e. The summed E-state index contributed by atoms with van der Waals surface area (Å²) in [6.45, 7) is 2.11. The van der Waals surface area contributed by atoms with Gasteiger partial charge in [0.05, 0.1) is 0 Å². The Bertz CT molecular complexity index is 389. The molecule has 0 aliphatic heterocycles. The fourth-order valence-corrected chi connectivity index (χ4v) is 1.44. The Hall–Kier alpha value is -1.63. The van der Waals surface area contributed by atoms with Gasteiger partial charge in [0.2, 0.25) is 0 Å². The highest BCUT2D eigenvalue weighted by molar-refractivity contribution is 5.26. The summed E-state index contributed by atoms with van der Waals surface area (Å²) >= 11 is 0. The van der Waals surface area contributed by atoms with Crippen LogP contribution in [0.15, 0.2) is 48.8 Å². The largest absolute Gasteiger partial charge is 0.264 e. The lowest BCUT2D eigenvalue weighted by Gasteiger charge is -2.01. The van der Waals surface area contributed by atoms with E-state index in [0.717, 1.165) is 6.42 Å². The number of rotatable bonds is 2. The van der Waals surface area contributed by atoms with Crippen LogP contribution in [0.5, 0.6) is 0 Å². The zero-order valence-electron chi connectivity index (χ0n) is 8.27. The van der Waals surface area contributed by atoms with E-state index in [-0.39, 0.29) is 7.43 Å². The Morgan fingerprint density at radius 3 is 2.33 bits per heavy atom. The smallest absolute Gasteiger partial charge is 0.0303 e. The first-order chi connectivity index (χ1) is 6.84. The predicted molar refractivity (Wildman–Crippen MR) is 65.0 cm³/mol. The lowest BCUT2D eigenvalue weighted by molar-refractivity contribution is 1.14. The van der Waals surface area contributed by atoms with Crippen molar-refractivity contribution in [1.29, 1.82) is 0 Å². The third-order valence-electron chi connectivity index (χ3n) is 2.25. The van der Waals surface area contributed by atoms with E-state index in [2.05, 4.69) is 42.2 Å². The molecule has 0 atom stereocenters. The molecule has 2 rings (SSSR count). The van der Waals surface area contributed by atoms with E-state index in [1.54, 1.807) is 6.20 Å². The van der Waals surface area contributed by atoms with E-state index in [0.29, 0.717) is 0 Å². The fourth-order valence-electron chi connectivity index (χ4n) is 1.44. The van der Waals surface area contributed by atoms with Gasteiger partial charge in [-0.1, -0.05) is 43.3 Å². The van der Waals surface area contributed by atoms with Crippen LogP contribution < -0.4 is 0 Å². The summed E-state index contributed by atoms with van der Waals surface area (Å²) in [6.07, 6.45) is 4.69. The number of aryl methyl sites for hydroxylation is 1. The second-order valence-electron chi connectivity index (χ2n) is 3.52. The van der Waals surface area contributed by atoms with Crippen LogP contribution in [-0.4, -0.2) is 4.98 Å². The standard InChI is InChI=1S/C13H13N.CH4/c1-11-4-6-12(7-5-11)9-13-3-2-8-14-10-13;/h2-8,10H,9H2,1H3;1H4. The van der Waals surface area contributed by atoms with Gasteiger partial charge in [0.15, 0.2) is 0 Å². The summed E-state index contributed by atoms with van der Waals surface area (Å²) in [5.74, 6) is 0. The summed E-state index contributed by atoms with van der Waals surface area (Å²) in [6, 6.07) is 12.7. The third-order valence-corrected chi connectivity index (χ3v) is 2.25. The third kappa shape index (κ3) is 3.21. The molecule has 0 aliphatic carbocycles. The first-order valence-electron chi connectivity index (χ1n) is 4.79. The molecule has 2 aromatic rings. The van der Waals surface area contributed by atoms with E-state index in [1.165, 1.54) is 16.7 Å². The van der Waals surface area contributed by atoms with Crippen molar-refractivity contribution in [3.8, 4) is 0 Å². The summed E-state index contributed by atoms with van der Waals surface area (Å²) in [7, 11) is 0. The van der Waals surface area contributed by atoms with Crippen LogP contribution >= 0.6 is 0 Å². The first kappa shape index (κ1) is 11.4. The van der Waals surface area contributed by atoms with Gasteiger partial charge in [-0.15, -0.1) is 0 Å². The Labute approximate surface area is 91.8 Å². The van der Waals surface area contributed by atoms with Gasteiger partial charge >= 0.3 is 0 Å². The van der Waals surface area contributed by atoms with E-state index in [1.807, 2.05) is 12.3 Å². The molecule has 0 unspecified atom stereocenters. The minimum Gasteiger partial charge on any atom is -0.264 e. The quantitative estimate of drug-likeness (QED) is 0.720. The highest BCUT2D eigenvalue weighted by atomic mass is 14.6.